The smallest absolute Gasteiger partial charge is 0.337 e. The summed E-state index contributed by atoms with van der Waals surface area (Å²) >= 11 is 0. The molecule has 3 aromatic rings. The maximum Gasteiger partial charge on any atom is 0.337 e. The molecule has 1 aromatic carbocycles. The van der Waals surface area contributed by atoms with Crippen molar-refractivity contribution in [3.63, 3.8) is 0 Å². The van der Waals surface area contributed by atoms with Gasteiger partial charge in [0.25, 0.3) is 0 Å². The molecule has 0 atom stereocenters. The fraction of sp³-hybridized carbons (Fsp3) is 0.133. The number of fused-ring (bicyclic) bond motifs is 1. The highest BCUT2D eigenvalue weighted by molar-refractivity contribution is 6.03. The number of carboxylic acid groups (broad SMARTS) is 1. The van der Waals surface area contributed by atoms with Gasteiger partial charge in [0, 0.05) is 24.3 Å². The molecular weight excluding hydrogens is 303 g/mol. The number of rotatable bonds is 5. The first-order valence-electron chi connectivity index (χ1n) is 6.76. The summed E-state index contributed by atoms with van der Waals surface area (Å²) in [5, 5.41) is 12.0. The third kappa shape index (κ3) is 2.84. The van der Waals surface area contributed by atoms with E-state index < -0.39 is 11.8 Å². The highest BCUT2D eigenvalue weighted by Crippen LogP contribution is 2.31. The number of hydrogen-bond acceptors (Lipinski definition) is 5. The van der Waals surface area contributed by atoms with Crippen LogP contribution in [-0.4, -0.2) is 33.1 Å². The summed E-state index contributed by atoms with van der Waals surface area (Å²) in [4.78, 5) is 21.8. The average Bonchev–Trinajstić information content (AvgIpc) is 2.96. The van der Waals surface area contributed by atoms with Gasteiger partial charge in [0.1, 0.15) is 6.33 Å². The summed E-state index contributed by atoms with van der Waals surface area (Å²) in [5.41, 5.74) is 0.916. The van der Waals surface area contributed by atoms with Gasteiger partial charge in [0.15, 0.2) is 11.6 Å². The van der Waals surface area contributed by atoms with Crippen LogP contribution in [0.1, 0.15) is 16.1 Å². The monoisotopic (exact) mass is 316 g/mol. The number of aromatic nitrogens is 3. The Hall–Kier alpha value is -3.00. The number of benzene rings is 1. The lowest BCUT2D eigenvalue weighted by Gasteiger charge is -2.08. The van der Waals surface area contributed by atoms with E-state index in [0.717, 1.165) is 0 Å². The normalized spacial score (nSPS) is 10.9. The fourth-order valence-corrected chi connectivity index (χ4v) is 2.23. The van der Waals surface area contributed by atoms with Crippen molar-refractivity contribution in [2.45, 2.75) is 6.54 Å². The standard InChI is InChI=1S/C15H13FN4O3/c1-17-5-8-4-12(20-7-19-8)23-11-3-2-10-13(14(11)16)9(6-18-10)15(21)22/h2-4,6-7,17-18H,5H2,1H3,(H,21,22). The average molecular weight is 316 g/mol. The van der Waals surface area contributed by atoms with E-state index in [1.807, 2.05) is 0 Å². The molecule has 8 heteroatoms. The first-order valence-corrected chi connectivity index (χ1v) is 6.76. The molecule has 0 radical (unpaired) electrons. The first kappa shape index (κ1) is 14.9. The van der Waals surface area contributed by atoms with Crippen LogP contribution in [0.25, 0.3) is 10.9 Å². The lowest BCUT2D eigenvalue weighted by molar-refractivity contribution is 0.0699. The Morgan fingerprint density at radius 2 is 2.26 bits per heavy atom. The van der Waals surface area contributed by atoms with Gasteiger partial charge < -0.3 is 20.1 Å². The molecule has 0 saturated carbocycles. The van der Waals surface area contributed by atoms with E-state index in [9.17, 15) is 9.18 Å². The Morgan fingerprint density at radius 3 is 3.00 bits per heavy atom. The minimum atomic E-state index is -1.22. The molecule has 0 bridgehead atoms. The maximum atomic E-state index is 14.6. The minimum Gasteiger partial charge on any atom is -0.478 e. The van der Waals surface area contributed by atoms with Gasteiger partial charge in [-0.05, 0) is 19.2 Å². The SMILES string of the molecule is CNCc1cc(Oc2ccc3[nH]cc(C(=O)O)c3c2F)ncn1. The van der Waals surface area contributed by atoms with Crippen molar-refractivity contribution in [2.75, 3.05) is 7.05 Å². The molecule has 0 aliphatic carbocycles. The van der Waals surface area contributed by atoms with Crippen LogP contribution in [0.4, 0.5) is 4.39 Å². The van der Waals surface area contributed by atoms with Crippen LogP contribution in [0.2, 0.25) is 0 Å². The van der Waals surface area contributed by atoms with E-state index in [0.29, 0.717) is 17.8 Å². The lowest BCUT2D eigenvalue weighted by atomic mass is 10.1. The first-order chi connectivity index (χ1) is 11.1. The van der Waals surface area contributed by atoms with Gasteiger partial charge in [-0.3, -0.25) is 0 Å². The Balaban J connectivity index is 2.00. The van der Waals surface area contributed by atoms with Crippen LogP contribution in [0.15, 0.2) is 30.7 Å². The number of hydrogen-bond donors (Lipinski definition) is 3. The van der Waals surface area contributed by atoms with Crippen molar-refractivity contribution < 1.29 is 19.0 Å². The Kier molecular flexibility index (Phi) is 3.90. The van der Waals surface area contributed by atoms with Gasteiger partial charge in [-0.25, -0.2) is 19.2 Å². The van der Waals surface area contributed by atoms with Crippen molar-refractivity contribution in [1.82, 2.24) is 20.3 Å². The van der Waals surface area contributed by atoms with Crippen molar-refractivity contribution >= 4 is 16.9 Å². The van der Waals surface area contributed by atoms with Crippen molar-refractivity contribution in [3.05, 3.63) is 47.8 Å². The number of carbonyl (C=O) groups is 1. The Morgan fingerprint density at radius 1 is 1.43 bits per heavy atom. The number of nitrogens with zero attached hydrogens (tertiary/aromatic N) is 2. The number of aromatic carboxylic acids is 1. The fourth-order valence-electron chi connectivity index (χ4n) is 2.23. The van der Waals surface area contributed by atoms with Crippen LogP contribution in [0, 0.1) is 5.82 Å². The third-order valence-electron chi connectivity index (χ3n) is 3.25. The van der Waals surface area contributed by atoms with Crippen LogP contribution < -0.4 is 10.1 Å². The summed E-state index contributed by atoms with van der Waals surface area (Å²) in [6.07, 6.45) is 2.56. The second-order valence-electron chi connectivity index (χ2n) is 4.79. The Labute approximate surface area is 130 Å². The van der Waals surface area contributed by atoms with Gasteiger partial charge >= 0.3 is 5.97 Å². The quantitative estimate of drug-likeness (QED) is 0.668. The van der Waals surface area contributed by atoms with Crippen LogP contribution in [0.5, 0.6) is 11.6 Å². The summed E-state index contributed by atoms with van der Waals surface area (Å²) in [6, 6.07) is 4.55. The van der Waals surface area contributed by atoms with Gasteiger partial charge in [-0.1, -0.05) is 0 Å². The molecular formula is C15H13FN4O3. The molecule has 3 rings (SSSR count). The van der Waals surface area contributed by atoms with Crippen molar-refractivity contribution in [1.29, 1.82) is 0 Å². The number of ether oxygens (including phenoxy) is 1. The third-order valence-corrected chi connectivity index (χ3v) is 3.25. The number of halogens is 1. The zero-order valence-corrected chi connectivity index (χ0v) is 12.1. The Bertz CT molecular complexity index is 878. The number of H-pyrrole nitrogens is 1. The lowest BCUT2D eigenvalue weighted by Crippen LogP contribution is -2.07. The molecule has 23 heavy (non-hydrogen) atoms. The van der Waals surface area contributed by atoms with E-state index >= 15 is 0 Å². The number of carboxylic acids is 1. The predicted octanol–water partition coefficient (Wildman–Crippen LogP) is 2.31. The molecule has 0 fully saturated rings. The van der Waals surface area contributed by atoms with Crippen molar-refractivity contribution in [2.24, 2.45) is 0 Å². The molecule has 0 unspecified atom stereocenters. The zero-order chi connectivity index (χ0) is 16.4. The number of aromatic amines is 1. The van der Waals surface area contributed by atoms with E-state index in [1.165, 1.54) is 18.6 Å². The summed E-state index contributed by atoms with van der Waals surface area (Å²) in [6.45, 7) is 0.515. The maximum absolute atomic E-state index is 14.6. The highest BCUT2D eigenvalue weighted by Gasteiger charge is 2.18. The van der Waals surface area contributed by atoms with E-state index in [4.69, 9.17) is 9.84 Å². The molecule has 0 amide bonds. The van der Waals surface area contributed by atoms with Gasteiger partial charge in [-0.15, -0.1) is 0 Å². The molecule has 0 aliphatic heterocycles. The second-order valence-corrected chi connectivity index (χ2v) is 4.79. The van der Waals surface area contributed by atoms with E-state index in [2.05, 4.69) is 20.3 Å². The molecule has 2 aromatic heterocycles. The van der Waals surface area contributed by atoms with Crippen LogP contribution in [0.3, 0.4) is 0 Å². The molecule has 0 saturated heterocycles. The molecule has 7 nitrogen and oxygen atoms in total. The molecule has 2 heterocycles. The van der Waals surface area contributed by atoms with Crippen LogP contribution in [-0.2, 0) is 6.54 Å². The molecule has 3 N–H and O–H groups in total. The summed E-state index contributed by atoms with van der Waals surface area (Å²) in [5.74, 6) is -1.90. The molecule has 0 aliphatic rings. The summed E-state index contributed by atoms with van der Waals surface area (Å²) in [7, 11) is 1.77. The summed E-state index contributed by atoms with van der Waals surface area (Å²) < 4.78 is 20.0. The second kappa shape index (κ2) is 6.01. The van der Waals surface area contributed by atoms with Crippen molar-refractivity contribution in [3.8, 4) is 11.6 Å². The van der Waals surface area contributed by atoms with Gasteiger partial charge in [-0.2, -0.15) is 0 Å². The van der Waals surface area contributed by atoms with Crippen LogP contribution >= 0.6 is 0 Å². The highest BCUT2D eigenvalue weighted by atomic mass is 19.1. The predicted molar refractivity (Wildman–Crippen MR) is 80.1 cm³/mol. The van der Waals surface area contributed by atoms with E-state index in [1.54, 1.807) is 19.2 Å². The topological polar surface area (TPSA) is 100 Å². The zero-order valence-electron chi connectivity index (χ0n) is 12.1. The number of nitrogens with one attached hydrogen (secondary N) is 2. The van der Waals surface area contributed by atoms with Gasteiger partial charge in [0.2, 0.25) is 5.88 Å². The van der Waals surface area contributed by atoms with E-state index in [-0.39, 0.29) is 22.6 Å². The van der Waals surface area contributed by atoms with Gasteiger partial charge in [0.05, 0.1) is 16.6 Å². The molecule has 0 spiro atoms. The minimum absolute atomic E-state index is 0.0282. The molecule has 118 valence electrons. The largest absolute Gasteiger partial charge is 0.478 e.